The van der Waals surface area contributed by atoms with Gasteiger partial charge >= 0.3 is 5.97 Å². The number of aromatic carboxylic acids is 1. The Balaban J connectivity index is 1.78. The van der Waals surface area contributed by atoms with Gasteiger partial charge in [-0.05, 0) is 12.1 Å². The van der Waals surface area contributed by atoms with E-state index in [1.807, 2.05) is 115 Å². The number of para-hydroxylation sites is 2. The SMILES string of the molecule is O=C(O)c1cncn1-c1ccccc1OC(c1ccccc1)(c1ccccc1)c1ccccc1. The number of carboxylic acid groups (broad SMARTS) is 1. The number of ether oxygens (including phenoxy) is 1. The first-order valence-electron chi connectivity index (χ1n) is 10.9. The van der Waals surface area contributed by atoms with Gasteiger partial charge in [-0.1, -0.05) is 103 Å². The molecule has 0 atom stereocenters. The number of carboxylic acids is 1. The van der Waals surface area contributed by atoms with Crippen LogP contribution in [0.5, 0.6) is 5.75 Å². The third-order valence-electron chi connectivity index (χ3n) is 5.79. The third-order valence-corrected chi connectivity index (χ3v) is 5.79. The summed E-state index contributed by atoms with van der Waals surface area (Å²) >= 11 is 0. The molecule has 0 unspecified atom stereocenters. The van der Waals surface area contributed by atoms with Crippen molar-refractivity contribution in [3.05, 3.63) is 150 Å². The number of carbonyl (C=O) groups is 1. The highest BCUT2D eigenvalue weighted by Gasteiger charge is 2.39. The van der Waals surface area contributed by atoms with Gasteiger partial charge in [0.05, 0.1) is 18.2 Å². The fraction of sp³-hybridized carbons (Fsp3) is 0.0345. The number of hydrogen-bond donors (Lipinski definition) is 1. The third kappa shape index (κ3) is 3.73. The molecule has 1 heterocycles. The van der Waals surface area contributed by atoms with E-state index in [4.69, 9.17) is 4.74 Å². The van der Waals surface area contributed by atoms with Crippen LogP contribution in [-0.4, -0.2) is 20.6 Å². The van der Waals surface area contributed by atoms with Gasteiger partial charge in [-0.15, -0.1) is 0 Å². The molecular weight excluding hydrogens is 424 g/mol. The van der Waals surface area contributed by atoms with Gasteiger partial charge in [0.15, 0.2) is 11.3 Å². The summed E-state index contributed by atoms with van der Waals surface area (Å²) in [5, 5.41) is 9.67. The predicted octanol–water partition coefficient (Wildman–Crippen LogP) is 5.94. The fourth-order valence-corrected chi connectivity index (χ4v) is 4.25. The molecule has 0 fully saturated rings. The lowest BCUT2D eigenvalue weighted by atomic mass is 9.80. The Bertz CT molecular complexity index is 1300. The molecule has 5 heteroatoms. The highest BCUT2D eigenvalue weighted by molar-refractivity contribution is 5.86. The minimum atomic E-state index is -1.06. The molecule has 5 aromatic rings. The van der Waals surface area contributed by atoms with E-state index in [1.165, 1.54) is 17.1 Å². The van der Waals surface area contributed by atoms with E-state index >= 15 is 0 Å². The molecule has 5 rings (SSSR count). The Morgan fingerprint density at radius 2 is 1.18 bits per heavy atom. The van der Waals surface area contributed by atoms with Crippen LogP contribution in [0.4, 0.5) is 0 Å². The van der Waals surface area contributed by atoms with Crippen molar-refractivity contribution in [3.8, 4) is 11.4 Å². The summed E-state index contributed by atoms with van der Waals surface area (Å²) in [6, 6.07) is 37.5. The van der Waals surface area contributed by atoms with Crippen molar-refractivity contribution >= 4 is 5.97 Å². The van der Waals surface area contributed by atoms with Crippen LogP contribution in [0.3, 0.4) is 0 Å². The lowest BCUT2D eigenvalue weighted by Crippen LogP contribution is -2.36. The minimum Gasteiger partial charge on any atom is -0.477 e. The summed E-state index contributed by atoms with van der Waals surface area (Å²) in [5.41, 5.74) is 2.51. The van der Waals surface area contributed by atoms with Crippen molar-refractivity contribution in [1.29, 1.82) is 0 Å². The van der Waals surface area contributed by atoms with Crippen LogP contribution in [0, 0.1) is 0 Å². The van der Waals surface area contributed by atoms with E-state index in [-0.39, 0.29) is 5.69 Å². The summed E-state index contributed by atoms with van der Waals surface area (Å²) in [6.07, 6.45) is 2.82. The molecule has 0 aliphatic heterocycles. The first-order chi connectivity index (χ1) is 16.7. The zero-order valence-corrected chi connectivity index (χ0v) is 18.3. The smallest absolute Gasteiger partial charge is 0.354 e. The van der Waals surface area contributed by atoms with E-state index in [0.717, 1.165) is 16.7 Å². The first kappa shape index (κ1) is 21.2. The number of hydrogen-bond acceptors (Lipinski definition) is 3. The van der Waals surface area contributed by atoms with Gasteiger partial charge in [-0.3, -0.25) is 4.57 Å². The van der Waals surface area contributed by atoms with Crippen LogP contribution in [0.1, 0.15) is 27.2 Å². The largest absolute Gasteiger partial charge is 0.477 e. The molecule has 5 nitrogen and oxygen atoms in total. The van der Waals surface area contributed by atoms with Crippen LogP contribution in [-0.2, 0) is 5.60 Å². The average Bonchev–Trinajstić information content (AvgIpc) is 3.39. The van der Waals surface area contributed by atoms with Crippen LogP contribution in [0.25, 0.3) is 5.69 Å². The highest BCUT2D eigenvalue weighted by Crippen LogP contribution is 2.42. The number of imidazole rings is 1. The molecule has 0 aliphatic rings. The zero-order chi connectivity index (χ0) is 23.4. The van der Waals surface area contributed by atoms with Gasteiger partial charge in [0.1, 0.15) is 5.75 Å². The summed E-state index contributed by atoms with van der Waals surface area (Å²) in [7, 11) is 0. The Kier molecular flexibility index (Phi) is 5.67. The molecule has 0 radical (unpaired) electrons. The number of benzene rings is 4. The Labute approximate surface area is 197 Å². The van der Waals surface area contributed by atoms with Crippen molar-refractivity contribution in [1.82, 2.24) is 9.55 Å². The van der Waals surface area contributed by atoms with Gasteiger partial charge in [-0.2, -0.15) is 0 Å². The molecule has 0 amide bonds. The van der Waals surface area contributed by atoms with Gasteiger partial charge in [0, 0.05) is 16.7 Å². The normalized spacial score (nSPS) is 11.2. The Morgan fingerprint density at radius 3 is 1.68 bits per heavy atom. The van der Waals surface area contributed by atoms with Crippen LogP contribution in [0.15, 0.2) is 128 Å². The molecule has 0 saturated heterocycles. The fourth-order valence-electron chi connectivity index (χ4n) is 4.25. The van der Waals surface area contributed by atoms with Crippen molar-refractivity contribution in [2.75, 3.05) is 0 Å². The van der Waals surface area contributed by atoms with Crippen molar-refractivity contribution in [2.45, 2.75) is 5.60 Å². The van der Waals surface area contributed by atoms with Gasteiger partial charge in [0.2, 0.25) is 0 Å². The maximum atomic E-state index is 11.8. The second-order valence-electron chi connectivity index (χ2n) is 7.80. The monoisotopic (exact) mass is 446 g/mol. The Hall–Kier alpha value is -4.64. The lowest BCUT2D eigenvalue weighted by molar-refractivity contribution is 0.0688. The van der Waals surface area contributed by atoms with Crippen molar-refractivity contribution < 1.29 is 14.6 Å². The standard InChI is InChI=1S/C29H22N2O3/c32-28(33)26-20-30-21-31(26)25-18-10-11-19-27(25)34-29(22-12-4-1-5-13-22,23-14-6-2-7-15-23)24-16-8-3-9-17-24/h1-21H,(H,32,33). The quantitative estimate of drug-likeness (QED) is 0.314. The van der Waals surface area contributed by atoms with Crippen LogP contribution in [0.2, 0.25) is 0 Å². The molecule has 4 aromatic carbocycles. The lowest BCUT2D eigenvalue weighted by Gasteiger charge is -2.37. The molecule has 34 heavy (non-hydrogen) atoms. The average molecular weight is 447 g/mol. The zero-order valence-electron chi connectivity index (χ0n) is 18.3. The molecule has 0 aliphatic carbocycles. The van der Waals surface area contributed by atoms with E-state index in [9.17, 15) is 9.90 Å². The summed E-state index contributed by atoms with van der Waals surface area (Å²) in [5.74, 6) is -0.535. The molecule has 0 saturated carbocycles. The molecule has 0 spiro atoms. The van der Waals surface area contributed by atoms with Crippen molar-refractivity contribution in [3.63, 3.8) is 0 Å². The summed E-state index contributed by atoms with van der Waals surface area (Å²) in [6.45, 7) is 0. The maximum absolute atomic E-state index is 11.8. The molecule has 1 aromatic heterocycles. The topological polar surface area (TPSA) is 64.3 Å². The second kappa shape index (κ2) is 9.08. The second-order valence-corrected chi connectivity index (χ2v) is 7.80. The summed E-state index contributed by atoms with van der Waals surface area (Å²) in [4.78, 5) is 15.9. The van der Waals surface area contributed by atoms with Gasteiger partial charge in [0.25, 0.3) is 0 Å². The van der Waals surface area contributed by atoms with Gasteiger partial charge < -0.3 is 9.84 Å². The van der Waals surface area contributed by atoms with Crippen LogP contribution < -0.4 is 4.74 Å². The first-order valence-corrected chi connectivity index (χ1v) is 10.9. The maximum Gasteiger partial charge on any atom is 0.354 e. The van der Waals surface area contributed by atoms with Crippen molar-refractivity contribution in [2.24, 2.45) is 0 Å². The predicted molar refractivity (Wildman–Crippen MR) is 130 cm³/mol. The van der Waals surface area contributed by atoms with E-state index < -0.39 is 11.6 Å². The number of nitrogens with zero attached hydrogens (tertiary/aromatic N) is 2. The molecular formula is C29H22N2O3. The van der Waals surface area contributed by atoms with Crippen LogP contribution >= 0.6 is 0 Å². The van der Waals surface area contributed by atoms with Gasteiger partial charge in [-0.25, -0.2) is 9.78 Å². The Morgan fingerprint density at radius 1 is 0.706 bits per heavy atom. The number of aromatic nitrogens is 2. The van der Waals surface area contributed by atoms with E-state index in [0.29, 0.717) is 11.4 Å². The summed E-state index contributed by atoms with van der Waals surface area (Å²) < 4.78 is 8.54. The molecule has 1 N–H and O–H groups in total. The molecule has 166 valence electrons. The molecule has 0 bridgehead atoms. The van der Waals surface area contributed by atoms with E-state index in [1.54, 1.807) is 0 Å². The minimum absolute atomic E-state index is 0.0563. The van der Waals surface area contributed by atoms with E-state index in [2.05, 4.69) is 4.98 Å². The highest BCUT2D eigenvalue weighted by atomic mass is 16.5. The number of rotatable bonds is 7.